The lowest BCUT2D eigenvalue weighted by molar-refractivity contribution is 0.119. The van der Waals surface area contributed by atoms with Crippen molar-refractivity contribution < 1.29 is 14.6 Å². The van der Waals surface area contributed by atoms with Gasteiger partial charge in [-0.3, -0.25) is 5.11 Å². The summed E-state index contributed by atoms with van der Waals surface area (Å²) in [6.07, 6.45) is 1.02. The van der Waals surface area contributed by atoms with Crippen LogP contribution in [-0.4, -0.2) is 38.2 Å². The van der Waals surface area contributed by atoms with Crippen molar-refractivity contribution in [1.29, 1.82) is 0 Å². The zero-order chi connectivity index (χ0) is 14.3. The second-order valence-corrected chi connectivity index (χ2v) is 4.99. The van der Waals surface area contributed by atoms with Crippen molar-refractivity contribution in [2.75, 3.05) is 26.0 Å². The van der Waals surface area contributed by atoms with Crippen LogP contribution in [0.25, 0.3) is 0 Å². The first-order valence-corrected chi connectivity index (χ1v) is 7.17. The molecule has 19 heavy (non-hydrogen) atoms. The predicted molar refractivity (Wildman–Crippen MR) is 77.0 cm³/mol. The maximum Gasteiger partial charge on any atom is 0.181 e. The molecule has 5 heteroatoms. The van der Waals surface area contributed by atoms with Crippen molar-refractivity contribution >= 4 is 23.2 Å². The summed E-state index contributed by atoms with van der Waals surface area (Å²) in [5.41, 5.74) is 1.75. The molecule has 0 N–H and O–H groups in total. The molecule has 0 aliphatic carbocycles. The molecule has 0 aromatic heterocycles. The van der Waals surface area contributed by atoms with Crippen LogP contribution in [0.3, 0.4) is 0 Å². The van der Waals surface area contributed by atoms with E-state index in [0.29, 0.717) is 24.6 Å². The van der Waals surface area contributed by atoms with Gasteiger partial charge in [0, 0.05) is 38.0 Å². The minimum Gasteiger partial charge on any atom is -0.380 e. The highest BCUT2D eigenvalue weighted by Gasteiger charge is 2.14. The standard InChI is InChI=1S/C14H19Cl2O3/c1-18-12(8-15)6-10-3-4-14(17)11(5-10)7-13(9-16)19-2/h3-5,12-13H,6-9H2,1-2H3. The van der Waals surface area contributed by atoms with E-state index in [0.717, 1.165) is 11.1 Å². The Morgan fingerprint density at radius 2 is 1.63 bits per heavy atom. The fourth-order valence-corrected chi connectivity index (χ4v) is 2.30. The van der Waals surface area contributed by atoms with Crippen LogP contribution < -0.4 is 0 Å². The average molecular weight is 306 g/mol. The summed E-state index contributed by atoms with van der Waals surface area (Å²) in [7, 11) is 3.22. The zero-order valence-corrected chi connectivity index (χ0v) is 12.7. The normalized spacial score (nSPS) is 14.3. The van der Waals surface area contributed by atoms with Gasteiger partial charge in [0.15, 0.2) is 5.75 Å². The van der Waals surface area contributed by atoms with Crippen molar-refractivity contribution in [2.24, 2.45) is 0 Å². The quantitative estimate of drug-likeness (QED) is 0.690. The van der Waals surface area contributed by atoms with Crippen molar-refractivity contribution in [1.82, 2.24) is 0 Å². The van der Waals surface area contributed by atoms with Gasteiger partial charge in [0.05, 0.1) is 12.2 Å². The van der Waals surface area contributed by atoms with Crippen LogP contribution in [0.15, 0.2) is 18.2 Å². The average Bonchev–Trinajstić information content (AvgIpc) is 2.44. The van der Waals surface area contributed by atoms with E-state index >= 15 is 0 Å². The van der Waals surface area contributed by atoms with Crippen LogP contribution in [0, 0.1) is 0 Å². The lowest BCUT2D eigenvalue weighted by Crippen LogP contribution is -2.17. The highest BCUT2D eigenvalue weighted by molar-refractivity contribution is 6.18. The molecule has 0 bridgehead atoms. The van der Waals surface area contributed by atoms with Crippen molar-refractivity contribution in [3.05, 3.63) is 29.3 Å². The third kappa shape index (κ3) is 5.19. The van der Waals surface area contributed by atoms with E-state index in [-0.39, 0.29) is 18.0 Å². The van der Waals surface area contributed by atoms with E-state index in [2.05, 4.69) is 0 Å². The van der Waals surface area contributed by atoms with Crippen molar-refractivity contribution in [3.63, 3.8) is 0 Å². The Labute approximate surface area is 124 Å². The monoisotopic (exact) mass is 305 g/mol. The molecular weight excluding hydrogens is 287 g/mol. The van der Waals surface area contributed by atoms with E-state index in [1.54, 1.807) is 20.3 Å². The molecule has 0 aliphatic heterocycles. The molecule has 0 saturated carbocycles. The molecule has 3 nitrogen and oxygen atoms in total. The van der Waals surface area contributed by atoms with Gasteiger partial charge in [0.2, 0.25) is 0 Å². The number of ether oxygens (including phenoxy) is 2. The maximum absolute atomic E-state index is 11.8. The van der Waals surface area contributed by atoms with E-state index in [1.807, 2.05) is 12.1 Å². The van der Waals surface area contributed by atoms with Gasteiger partial charge in [-0.05, 0) is 18.1 Å². The molecule has 2 atom stereocenters. The first kappa shape index (κ1) is 16.6. The summed E-state index contributed by atoms with van der Waals surface area (Å²) in [4.78, 5) is 0. The Hall–Kier alpha value is -0.480. The summed E-state index contributed by atoms with van der Waals surface area (Å²) < 4.78 is 10.4. The Morgan fingerprint density at radius 3 is 2.16 bits per heavy atom. The van der Waals surface area contributed by atoms with Crippen LogP contribution in [0.4, 0.5) is 0 Å². The van der Waals surface area contributed by atoms with Gasteiger partial charge in [-0.25, -0.2) is 0 Å². The molecule has 0 spiro atoms. The van der Waals surface area contributed by atoms with Gasteiger partial charge in [-0.15, -0.1) is 23.2 Å². The lowest BCUT2D eigenvalue weighted by atomic mass is 10.0. The van der Waals surface area contributed by atoms with Gasteiger partial charge < -0.3 is 9.47 Å². The summed E-state index contributed by atoms with van der Waals surface area (Å²) in [6.45, 7) is 0. The molecule has 1 aromatic rings. The number of rotatable bonds is 8. The molecule has 0 saturated heterocycles. The fraction of sp³-hybridized carbons (Fsp3) is 0.571. The number of hydrogen-bond acceptors (Lipinski definition) is 2. The number of alkyl halides is 2. The topological polar surface area (TPSA) is 38.4 Å². The van der Waals surface area contributed by atoms with E-state index < -0.39 is 0 Å². The minimum atomic E-state index is -0.143. The van der Waals surface area contributed by atoms with Crippen LogP contribution in [0.2, 0.25) is 0 Å². The number of methoxy groups -OCH3 is 2. The Morgan fingerprint density at radius 1 is 1.05 bits per heavy atom. The van der Waals surface area contributed by atoms with E-state index in [1.165, 1.54) is 0 Å². The van der Waals surface area contributed by atoms with Crippen LogP contribution in [0.1, 0.15) is 11.1 Å². The lowest BCUT2D eigenvalue weighted by Gasteiger charge is -2.15. The van der Waals surface area contributed by atoms with Crippen LogP contribution in [0.5, 0.6) is 5.75 Å². The highest BCUT2D eigenvalue weighted by atomic mass is 35.5. The summed E-state index contributed by atoms with van der Waals surface area (Å²) in [5, 5.41) is 11.8. The smallest absolute Gasteiger partial charge is 0.181 e. The summed E-state index contributed by atoms with van der Waals surface area (Å²) >= 11 is 11.6. The zero-order valence-electron chi connectivity index (χ0n) is 11.2. The molecular formula is C14H19Cl2O3. The Balaban J connectivity index is 2.81. The molecule has 0 amide bonds. The van der Waals surface area contributed by atoms with Crippen molar-refractivity contribution in [3.8, 4) is 5.75 Å². The third-order valence-corrected chi connectivity index (χ3v) is 3.74. The highest BCUT2D eigenvalue weighted by Crippen LogP contribution is 2.23. The number of hydrogen-bond donors (Lipinski definition) is 0. The van der Waals surface area contributed by atoms with Gasteiger partial charge in [-0.2, -0.15) is 0 Å². The predicted octanol–water partition coefficient (Wildman–Crippen LogP) is 3.42. The second-order valence-electron chi connectivity index (χ2n) is 4.37. The van der Waals surface area contributed by atoms with Gasteiger partial charge >= 0.3 is 0 Å². The summed E-state index contributed by atoms with van der Waals surface area (Å²) in [6, 6.07) is 5.28. The third-order valence-electron chi connectivity index (χ3n) is 3.05. The molecule has 0 fully saturated rings. The maximum atomic E-state index is 11.8. The SMILES string of the molecule is COC(CCl)Cc1ccc([O])c(CC(CCl)OC)c1. The molecule has 1 aromatic carbocycles. The Kier molecular flexibility index (Phi) is 7.54. The molecule has 1 radical (unpaired) electrons. The van der Waals surface area contributed by atoms with Gasteiger partial charge in [0.1, 0.15) is 0 Å². The molecule has 2 unspecified atom stereocenters. The first-order valence-electron chi connectivity index (χ1n) is 6.10. The molecule has 0 heterocycles. The number of halogens is 2. The first-order chi connectivity index (χ1) is 9.14. The second kappa shape index (κ2) is 8.64. The summed E-state index contributed by atoms with van der Waals surface area (Å²) in [5.74, 6) is 0.798. The van der Waals surface area contributed by atoms with Gasteiger partial charge in [-0.1, -0.05) is 12.1 Å². The van der Waals surface area contributed by atoms with Crippen LogP contribution in [-0.2, 0) is 27.4 Å². The molecule has 107 valence electrons. The van der Waals surface area contributed by atoms with E-state index in [4.69, 9.17) is 32.7 Å². The number of benzene rings is 1. The largest absolute Gasteiger partial charge is 0.380 e. The molecule has 1 rings (SSSR count). The minimum absolute atomic E-state index is 0.00996. The van der Waals surface area contributed by atoms with Crippen molar-refractivity contribution in [2.45, 2.75) is 25.0 Å². The fourth-order valence-electron chi connectivity index (χ4n) is 1.83. The van der Waals surface area contributed by atoms with E-state index in [9.17, 15) is 5.11 Å². The van der Waals surface area contributed by atoms with Crippen LogP contribution >= 0.6 is 23.2 Å². The molecule has 0 aliphatic rings. The Bertz CT molecular complexity index is 377. The van der Waals surface area contributed by atoms with Gasteiger partial charge in [0.25, 0.3) is 0 Å².